The normalized spacial score (nSPS) is 18.5. The first-order valence-corrected chi connectivity index (χ1v) is 9.67. The molecule has 0 fully saturated rings. The van der Waals surface area contributed by atoms with E-state index in [1.807, 2.05) is 0 Å². The number of pyridine rings is 1. The molecule has 1 N–H and O–H groups in total. The molecule has 0 saturated carbocycles. The molecule has 1 aliphatic heterocycles. The molecule has 4 nitrogen and oxygen atoms in total. The van der Waals surface area contributed by atoms with Crippen molar-refractivity contribution in [1.29, 1.82) is 0 Å². The zero-order valence-corrected chi connectivity index (χ0v) is 16.0. The summed E-state index contributed by atoms with van der Waals surface area (Å²) in [6.45, 7) is 2.75. The minimum Gasteiger partial charge on any atom is -0.504 e. The summed E-state index contributed by atoms with van der Waals surface area (Å²) in [6, 6.07) is 6.10. The van der Waals surface area contributed by atoms with Crippen molar-refractivity contribution in [3.8, 4) is 0 Å². The van der Waals surface area contributed by atoms with Gasteiger partial charge in [0.2, 0.25) is 0 Å². The lowest BCUT2D eigenvalue weighted by molar-refractivity contribution is -0.137. The van der Waals surface area contributed by atoms with Crippen molar-refractivity contribution in [1.82, 2.24) is 4.98 Å². The Labute approximate surface area is 156 Å². The topological polar surface area (TPSA) is 67.3 Å². The van der Waals surface area contributed by atoms with E-state index in [2.05, 4.69) is 20.9 Å². The second-order valence-corrected chi connectivity index (χ2v) is 9.63. The summed E-state index contributed by atoms with van der Waals surface area (Å²) < 4.78 is 65.4. The first-order valence-electron chi connectivity index (χ1n) is 7.40. The van der Waals surface area contributed by atoms with Gasteiger partial charge >= 0.3 is 6.18 Å². The number of aliphatic hydroxyl groups excluding tert-OH is 1. The number of nitrogens with zero attached hydrogens (tertiary/aromatic N) is 1. The summed E-state index contributed by atoms with van der Waals surface area (Å²) in [5.41, 5.74) is -1.58. The van der Waals surface area contributed by atoms with Gasteiger partial charge in [0, 0.05) is 21.8 Å². The number of rotatable bonds is 1. The smallest absolute Gasteiger partial charge is 0.417 e. The number of fused-ring (bicyclic) bond motifs is 1. The lowest BCUT2D eigenvalue weighted by Crippen LogP contribution is -2.35. The van der Waals surface area contributed by atoms with E-state index in [1.54, 1.807) is 0 Å². The maximum Gasteiger partial charge on any atom is 0.417 e. The van der Waals surface area contributed by atoms with Crippen LogP contribution in [0.3, 0.4) is 0 Å². The van der Waals surface area contributed by atoms with Gasteiger partial charge in [0.05, 0.1) is 10.3 Å². The molecule has 0 amide bonds. The molecule has 1 aromatic heterocycles. The minimum atomic E-state index is -4.81. The number of hydrogen-bond donors (Lipinski definition) is 1. The average Bonchev–Trinajstić information content (AvgIpc) is 2.54. The number of halogens is 4. The van der Waals surface area contributed by atoms with Gasteiger partial charge in [-0.05, 0) is 32.0 Å². The van der Waals surface area contributed by atoms with Crippen LogP contribution in [0, 0.1) is 0 Å². The van der Waals surface area contributed by atoms with Gasteiger partial charge in [0.15, 0.2) is 15.6 Å². The van der Waals surface area contributed by atoms with Crippen LogP contribution < -0.4 is 0 Å². The van der Waals surface area contributed by atoms with Crippen LogP contribution >= 0.6 is 15.9 Å². The summed E-state index contributed by atoms with van der Waals surface area (Å²) in [5.74, 6) is -0.784. The Kier molecular flexibility index (Phi) is 4.23. The number of sulfone groups is 1. The molecule has 1 aliphatic rings. The molecule has 3 rings (SSSR count). The molecule has 9 heteroatoms. The van der Waals surface area contributed by atoms with Gasteiger partial charge in [-0.1, -0.05) is 28.1 Å². The zero-order chi connectivity index (χ0) is 19.5. The van der Waals surface area contributed by atoms with Crippen molar-refractivity contribution < 1.29 is 26.7 Å². The van der Waals surface area contributed by atoms with Crippen molar-refractivity contribution >= 4 is 36.4 Å². The Hall–Kier alpha value is -1.87. The Morgan fingerprint density at radius 2 is 1.85 bits per heavy atom. The largest absolute Gasteiger partial charge is 0.504 e. The molecule has 2 aromatic rings. The molecule has 0 spiro atoms. The molecule has 0 unspecified atom stereocenters. The van der Waals surface area contributed by atoms with Crippen LogP contribution in [0.15, 0.2) is 41.0 Å². The van der Waals surface area contributed by atoms with E-state index in [1.165, 1.54) is 38.2 Å². The van der Waals surface area contributed by atoms with Crippen LogP contribution in [0.4, 0.5) is 13.2 Å². The summed E-state index contributed by atoms with van der Waals surface area (Å²) in [4.78, 5) is 3.21. The highest BCUT2D eigenvalue weighted by Crippen LogP contribution is 2.49. The second kappa shape index (κ2) is 5.82. The Morgan fingerprint density at radius 1 is 1.19 bits per heavy atom. The average molecular weight is 448 g/mol. The molecule has 26 heavy (non-hydrogen) atoms. The molecule has 2 heterocycles. The van der Waals surface area contributed by atoms with Crippen LogP contribution in [-0.4, -0.2) is 18.5 Å². The Balaban J connectivity index is 2.47. The molecule has 138 valence electrons. The first-order chi connectivity index (χ1) is 11.9. The molecule has 0 aliphatic carbocycles. The van der Waals surface area contributed by atoms with Crippen molar-refractivity contribution in [3.05, 3.63) is 63.4 Å². The summed E-state index contributed by atoms with van der Waals surface area (Å²) in [7, 11) is -4.34. The monoisotopic (exact) mass is 447 g/mol. The first kappa shape index (κ1) is 18.9. The third-order valence-electron chi connectivity index (χ3n) is 4.37. The second-order valence-electron chi connectivity index (χ2n) is 6.28. The standard InChI is InChI=1S/C17H13BrF3NO3S/c1-16(2)11-4-3-7-22-13(11)14(23)15(26(16,24)25)10-6-5-9(18)8-12(10)17(19,20)21/h3-8,23H,1-2H3. The fourth-order valence-corrected chi connectivity index (χ4v) is 5.08. The van der Waals surface area contributed by atoms with E-state index in [4.69, 9.17) is 0 Å². The maximum atomic E-state index is 13.5. The van der Waals surface area contributed by atoms with Gasteiger partial charge in [-0.2, -0.15) is 13.2 Å². The van der Waals surface area contributed by atoms with Crippen molar-refractivity contribution in [3.63, 3.8) is 0 Å². The van der Waals surface area contributed by atoms with Crippen molar-refractivity contribution in [2.24, 2.45) is 0 Å². The van der Waals surface area contributed by atoms with E-state index in [0.717, 1.165) is 12.1 Å². The van der Waals surface area contributed by atoms with Crippen LogP contribution in [0.5, 0.6) is 0 Å². The van der Waals surface area contributed by atoms with Crippen LogP contribution in [0.25, 0.3) is 10.7 Å². The molecule has 0 atom stereocenters. The molecule has 0 bridgehead atoms. The van der Waals surface area contributed by atoms with E-state index >= 15 is 0 Å². The summed E-state index contributed by atoms with van der Waals surface area (Å²) in [5, 5.41) is 10.6. The van der Waals surface area contributed by atoms with Crippen LogP contribution in [0.2, 0.25) is 0 Å². The molecular formula is C17H13BrF3NO3S. The number of alkyl halides is 3. The lowest BCUT2D eigenvalue weighted by Gasteiger charge is -2.33. The van der Waals surface area contributed by atoms with Gasteiger partial charge in [0.1, 0.15) is 10.6 Å². The Morgan fingerprint density at radius 3 is 2.46 bits per heavy atom. The Bertz CT molecular complexity index is 1040. The predicted molar refractivity (Wildman–Crippen MR) is 94.8 cm³/mol. The van der Waals surface area contributed by atoms with Gasteiger partial charge in [0.25, 0.3) is 0 Å². The van der Waals surface area contributed by atoms with E-state index in [-0.39, 0.29) is 15.7 Å². The molecule has 1 aromatic carbocycles. The highest BCUT2D eigenvalue weighted by molar-refractivity contribution is 9.10. The fraction of sp³-hybridized carbons (Fsp3) is 0.235. The van der Waals surface area contributed by atoms with Gasteiger partial charge in [-0.25, -0.2) is 8.42 Å². The van der Waals surface area contributed by atoms with Gasteiger partial charge < -0.3 is 5.11 Å². The highest BCUT2D eigenvalue weighted by atomic mass is 79.9. The number of hydrogen-bond acceptors (Lipinski definition) is 4. The van der Waals surface area contributed by atoms with Crippen LogP contribution in [0.1, 0.15) is 36.2 Å². The summed E-state index contributed by atoms with van der Waals surface area (Å²) >= 11 is 2.96. The highest BCUT2D eigenvalue weighted by Gasteiger charge is 2.49. The number of aromatic nitrogens is 1. The van der Waals surface area contributed by atoms with Crippen LogP contribution in [-0.2, 0) is 20.8 Å². The lowest BCUT2D eigenvalue weighted by atomic mass is 9.97. The predicted octanol–water partition coefficient (Wildman–Crippen LogP) is 4.91. The summed E-state index contributed by atoms with van der Waals surface area (Å²) in [6.07, 6.45) is -3.47. The van der Waals surface area contributed by atoms with E-state index in [9.17, 15) is 26.7 Å². The molecule has 0 radical (unpaired) electrons. The van der Waals surface area contributed by atoms with E-state index < -0.39 is 42.6 Å². The quantitative estimate of drug-likeness (QED) is 0.674. The van der Waals surface area contributed by atoms with Gasteiger partial charge in [-0.15, -0.1) is 0 Å². The molecular weight excluding hydrogens is 435 g/mol. The van der Waals surface area contributed by atoms with Gasteiger partial charge in [-0.3, -0.25) is 4.98 Å². The van der Waals surface area contributed by atoms with Crippen molar-refractivity contribution in [2.75, 3.05) is 0 Å². The zero-order valence-electron chi connectivity index (χ0n) is 13.6. The van der Waals surface area contributed by atoms with Crippen molar-refractivity contribution in [2.45, 2.75) is 24.8 Å². The number of benzene rings is 1. The number of aliphatic hydroxyl groups is 1. The van der Waals surface area contributed by atoms with E-state index in [0.29, 0.717) is 0 Å². The SMILES string of the molecule is CC1(C)c2cccnc2C(O)=C(c2ccc(Br)cc2C(F)(F)F)S1(=O)=O. The third-order valence-corrected chi connectivity index (χ3v) is 7.38. The fourth-order valence-electron chi connectivity index (χ4n) is 2.94. The molecule has 0 saturated heterocycles. The maximum absolute atomic E-state index is 13.5. The minimum absolute atomic E-state index is 0.0432. The third kappa shape index (κ3) is 2.64.